The average Bonchev–Trinajstić information content (AvgIpc) is 2.90. The minimum absolute atomic E-state index is 0.138. The Morgan fingerprint density at radius 2 is 2.10 bits per heavy atom. The van der Waals surface area contributed by atoms with Crippen molar-refractivity contribution >= 4 is 29.0 Å². The third-order valence-electron chi connectivity index (χ3n) is 3.13. The van der Waals surface area contributed by atoms with Gasteiger partial charge in [-0.1, -0.05) is 11.6 Å². The second-order valence-electron chi connectivity index (χ2n) is 4.51. The molecule has 0 bridgehead atoms. The smallest absolute Gasteiger partial charge is 0.274 e. The highest BCUT2D eigenvalue weighted by molar-refractivity contribution is 7.98. The van der Waals surface area contributed by atoms with Crippen LogP contribution in [0.2, 0.25) is 5.15 Å². The molecule has 0 unspecified atom stereocenters. The predicted octanol–water partition coefficient (Wildman–Crippen LogP) is 2.02. The monoisotopic (exact) mass is 321 g/mol. The van der Waals surface area contributed by atoms with Gasteiger partial charge in [0, 0.05) is 17.8 Å². The van der Waals surface area contributed by atoms with Gasteiger partial charge in [0.15, 0.2) is 5.15 Å². The molecule has 3 aromatic rings. The first-order valence-corrected chi connectivity index (χ1v) is 7.81. The van der Waals surface area contributed by atoms with E-state index in [1.54, 1.807) is 12.1 Å². The number of fused-ring (bicyclic) bond motifs is 1. The Kier molecular flexibility index (Phi) is 3.69. The quantitative estimate of drug-likeness (QED) is 0.690. The van der Waals surface area contributed by atoms with Crippen LogP contribution in [0.25, 0.3) is 5.65 Å². The molecule has 0 amide bonds. The first kappa shape index (κ1) is 14.1. The maximum Gasteiger partial charge on any atom is 0.274 e. The van der Waals surface area contributed by atoms with Crippen LogP contribution in [-0.2, 0) is 6.54 Å². The number of nitrogens with zero attached hydrogens (tertiary/aromatic N) is 5. The van der Waals surface area contributed by atoms with Gasteiger partial charge in [0.25, 0.3) is 5.56 Å². The summed E-state index contributed by atoms with van der Waals surface area (Å²) in [6.07, 6.45) is 1.92. The van der Waals surface area contributed by atoms with Crippen LogP contribution in [0, 0.1) is 6.92 Å². The standard InChI is InChI=1S/C13H12ClN5OS/c1-8-5-13(20)19-12(6-11(17-19)21-2)18(8)7-9-3-4-10(14)16-15-9/h3-6H,7H2,1-2H3. The fourth-order valence-electron chi connectivity index (χ4n) is 2.10. The molecular weight excluding hydrogens is 310 g/mol. The summed E-state index contributed by atoms with van der Waals surface area (Å²) in [4.78, 5) is 12.0. The first-order chi connectivity index (χ1) is 10.1. The van der Waals surface area contributed by atoms with E-state index in [4.69, 9.17) is 11.6 Å². The van der Waals surface area contributed by atoms with Gasteiger partial charge in [-0.25, -0.2) is 0 Å². The lowest BCUT2D eigenvalue weighted by atomic mass is 10.3. The van der Waals surface area contributed by atoms with Crippen molar-refractivity contribution < 1.29 is 0 Å². The van der Waals surface area contributed by atoms with E-state index in [9.17, 15) is 4.79 Å². The van der Waals surface area contributed by atoms with E-state index in [1.807, 2.05) is 29.9 Å². The van der Waals surface area contributed by atoms with Crippen molar-refractivity contribution in [3.8, 4) is 0 Å². The van der Waals surface area contributed by atoms with Gasteiger partial charge in [0.2, 0.25) is 0 Å². The Morgan fingerprint density at radius 3 is 2.76 bits per heavy atom. The molecule has 21 heavy (non-hydrogen) atoms. The fourth-order valence-corrected chi connectivity index (χ4v) is 2.59. The average molecular weight is 322 g/mol. The lowest BCUT2D eigenvalue weighted by molar-refractivity contribution is 0.709. The Labute approximate surface area is 129 Å². The molecule has 108 valence electrons. The molecule has 0 spiro atoms. The molecule has 6 nitrogen and oxygen atoms in total. The Hall–Kier alpha value is -1.86. The van der Waals surface area contributed by atoms with Crippen LogP contribution >= 0.6 is 23.4 Å². The van der Waals surface area contributed by atoms with Gasteiger partial charge >= 0.3 is 0 Å². The van der Waals surface area contributed by atoms with Crippen molar-refractivity contribution in [3.63, 3.8) is 0 Å². The summed E-state index contributed by atoms with van der Waals surface area (Å²) in [6, 6.07) is 6.97. The highest BCUT2D eigenvalue weighted by Crippen LogP contribution is 2.16. The predicted molar refractivity (Wildman–Crippen MR) is 82.1 cm³/mol. The zero-order chi connectivity index (χ0) is 15.0. The Bertz CT molecular complexity index is 855. The molecule has 0 aromatic carbocycles. The molecule has 0 radical (unpaired) electrons. The minimum atomic E-state index is -0.138. The van der Waals surface area contributed by atoms with Crippen LogP contribution in [0.1, 0.15) is 11.4 Å². The zero-order valence-electron chi connectivity index (χ0n) is 11.4. The van der Waals surface area contributed by atoms with Gasteiger partial charge in [-0.15, -0.1) is 16.9 Å². The summed E-state index contributed by atoms with van der Waals surface area (Å²) in [5.41, 5.74) is 2.21. The summed E-state index contributed by atoms with van der Waals surface area (Å²) >= 11 is 7.24. The molecule has 8 heteroatoms. The highest BCUT2D eigenvalue weighted by Gasteiger charge is 2.11. The molecule has 0 N–H and O–H groups in total. The molecule has 3 aromatic heterocycles. The number of thioether (sulfide) groups is 1. The number of aryl methyl sites for hydroxylation is 1. The zero-order valence-corrected chi connectivity index (χ0v) is 13.0. The summed E-state index contributed by atoms with van der Waals surface area (Å²) in [5.74, 6) is 0. The van der Waals surface area contributed by atoms with Crippen molar-refractivity contribution in [1.82, 2.24) is 24.4 Å². The maximum absolute atomic E-state index is 12.0. The van der Waals surface area contributed by atoms with Crippen LogP contribution in [-0.4, -0.2) is 30.6 Å². The normalized spacial score (nSPS) is 11.2. The Balaban J connectivity index is 2.14. The number of aromatic nitrogens is 5. The van der Waals surface area contributed by atoms with E-state index in [-0.39, 0.29) is 5.56 Å². The minimum Gasteiger partial charge on any atom is -0.324 e. The van der Waals surface area contributed by atoms with Gasteiger partial charge in [-0.3, -0.25) is 4.79 Å². The van der Waals surface area contributed by atoms with Crippen LogP contribution in [0.15, 0.2) is 34.1 Å². The van der Waals surface area contributed by atoms with Gasteiger partial charge in [0.1, 0.15) is 10.7 Å². The summed E-state index contributed by atoms with van der Waals surface area (Å²) in [6.45, 7) is 2.38. The molecule has 0 atom stereocenters. The Morgan fingerprint density at radius 1 is 1.29 bits per heavy atom. The van der Waals surface area contributed by atoms with E-state index in [1.165, 1.54) is 16.3 Å². The number of hydrogen-bond acceptors (Lipinski definition) is 5. The van der Waals surface area contributed by atoms with E-state index in [0.29, 0.717) is 11.7 Å². The number of rotatable bonds is 3. The van der Waals surface area contributed by atoms with Crippen molar-refractivity contribution in [2.75, 3.05) is 6.26 Å². The molecule has 0 aliphatic rings. The summed E-state index contributed by atoms with van der Waals surface area (Å²) < 4.78 is 3.38. The maximum atomic E-state index is 12.0. The van der Waals surface area contributed by atoms with Gasteiger partial charge in [-0.2, -0.15) is 14.7 Å². The molecule has 0 aliphatic carbocycles. The highest BCUT2D eigenvalue weighted by atomic mass is 35.5. The SMILES string of the molecule is CSc1cc2n(Cc3ccc(Cl)nn3)c(C)cc(=O)n2n1. The molecule has 0 saturated heterocycles. The largest absolute Gasteiger partial charge is 0.324 e. The number of halogens is 1. The van der Waals surface area contributed by atoms with Crippen LogP contribution in [0.4, 0.5) is 0 Å². The lowest BCUT2D eigenvalue weighted by Crippen LogP contribution is -2.20. The third-order valence-corrected chi connectivity index (χ3v) is 3.95. The van der Waals surface area contributed by atoms with Gasteiger partial charge < -0.3 is 4.57 Å². The van der Waals surface area contributed by atoms with E-state index in [2.05, 4.69) is 15.3 Å². The fraction of sp³-hybridized carbons (Fsp3) is 0.231. The molecule has 3 rings (SSSR count). The van der Waals surface area contributed by atoms with Crippen LogP contribution in [0.5, 0.6) is 0 Å². The van der Waals surface area contributed by atoms with Gasteiger partial charge in [-0.05, 0) is 25.3 Å². The molecule has 0 fully saturated rings. The van der Waals surface area contributed by atoms with Crippen molar-refractivity contribution in [2.24, 2.45) is 0 Å². The van der Waals surface area contributed by atoms with Crippen molar-refractivity contribution in [3.05, 3.63) is 51.2 Å². The van der Waals surface area contributed by atoms with E-state index < -0.39 is 0 Å². The lowest BCUT2D eigenvalue weighted by Gasteiger charge is -2.11. The third kappa shape index (κ3) is 2.66. The van der Waals surface area contributed by atoms with Crippen LogP contribution < -0.4 is 5.56 Å². The van der Waals surface area contributed by atoms with E-state index >= 15 is 0 Å². The molecule has 0 aliphatic heterocycles. The molecule has 0 saturated carbocycles. The summed E-state index contributed by atoms with van der Waals surface area (Å²) in [7, 11) is 0. The second kappa shape index (κ2) is 5.50. The van der Waals surface area contributed by atoms with E-state index in [0.717, 1.165) is 22.1 Å². The van der Waals surface area contributed by atoms with Crippen molar-refractivity contribution in [1.29, 1.82) is 0 Å². The van der Waals surface area contributed by atoms with Crippen LogP contribution in [0.3, 0.4) is 0 Å². The van der Waals surface area contributed by atoms with Gasteiger partial charge in [0.05, 0.1) is 12.2 Å². The molecule has 3 heterocycles. The topological polar surface area (TPSA) is 65.1 Å². The molecular formula is C13H12ClN5OS. The first-order valence-electron chi connectivity index (χ1n) is 6.21. The second-order valence-corrected chi connectivity index (χ2v) is 5.73. The van der Waals surface area contributed by atoms with Crippen molar-refractivity contribution in [2.45, 2.75) is 18.5 Å². The summed E-state index contributed by atoms with van der Waals surface area (Å²) in [5, 5.41) is 13.3. The number of hydrogen-bond donors (Lipinski definition) is 0.